The number of hydrogen-bond donors (Lipinski definition) is 5. The van der Waals surface area contributed by atoms with Gasteiger partial charge in [-0.15, -0.1) is 0 Å². The number of primary amides is 1. The van der Waals surface area contributed by atoms with Crippen LogP contribution in [0.5, 0.6) is 5.75 Å². The summed E-state index contributed by atoms with van der Waals surface area (Å²) in [7, 11) is 5.28. The standard InChI is InChI=1S/C26H32FN3O7/c1-11(9-27)30(4)10-13-7-16(29(2)3)15-6-12-5-14-8-17(31)20(25(28)36)24(35)26(14,37)23(34)18(12)22(33)19(15)21(13)32/h7,11-12,14,32-33,35,37H,5-6,8-10H2,1-4H3,(H2,28,36)/t11?,12-,14+,26+/m1/s1. The Kier molecular flexibility index (Phi) is 6.58. The Labute approximate surface area is 213 Å². The van der Waals surface area contributed by atoms with Crippen molar-refractivity contribution in [2.24, 2.45) is 17.6 Å². The zero-order chi connectivity index (χ0) is 27.6. The Hall–Kier alpha value is -3.44. The molecule has 1 fully saturated rings. The summed E-state index contributed by atoms with van der Waals surface area (Å²) in [5, 5.41) is 44.7. The number of nitrogens with zero attached hydrogens (tertiary/aromatic N) is 2. The number of phenols is 1. The average Bonchev–Trinajstić information content (AvgIpc) is 2.81. The van der Waals surface area contributed by atoms with Gasteiger partial charge in [0.05, 0.1) is 5.56 Å². The molecule has 0 aromatic heterocycles. The first-order chi connectivity index (χ1) is 17.2. The third kappa shape index (κ3) is 3.88. The predicted octanol–water partition coefficient (Wildman–Crippen LogP) is 1.28. The Bertz CT molecular complexity index is 1270. The van der Waals surface area contributed by atoms with Gasteiger partial charge in [0.2, 0.25) is 5.78 Å². The van der Waals surface area contributed by atoms with Gasteiger partial charge in [0.1, 0.15) is 29.5 Å². The second kappa shape index (κ2) is 9.14. The van der Waals surface area contributed by atoms with Crippen LogP contribution in [0, 0.1) is 11.8 Å². The number of aromatic hydroxyl groups is 1. The van der Waals surface area contributed by atoms with E-state index in [2.05, 4.69) is 0 Å². The van der Waals surface area contributed by atoms with E-state index in [1.165, 1.54) is 0 Å². The number of phenolic OH excluding ortho intramolecular Hbond substituents is 1. The van der Waals surface area contributed by atoms with E-state index in [0.717, 1.165) is 0 Å². The molecule has 1 saturated carbocycles. The van der Waals surface area contributed by atoms with Crippen LogP contribution < -0.4 is 10.6 Å². The van der Waals surface area contributed by atoms with E-state index in [9.17, 15) is 39.2 Å². The number of Topliss-reactive ketones (excluding diaryl/α,β-unsaturated/α-hetero) is 2. The second-order valence-electron chi connectivity index (χ2n) is 10.5. The van der Waals surface area contributed by atoms with Gasteiger partial charge in [-0.05, 0) is 44.4 Å². The Morgan fingerprint density at radius 3 is 2.43 bits per heavy atom. The van der Waals surface area contributed by atoms with Crippen LogP contribution in [-0.2, 0) is 27.3 Å². The van der Waals surface area contributed by atoms with Gasteiger partial charge in [-0.2, -0.15) is 0 Å². The van der Waals surface area contributed by atoms with Gasteiger partial charge >= 0.3 is 0 Å². The van der Waals surface area contributed by atoms with Crippen LogP contribution in [-0.4, -0.2) is 82.3 Å². The third-order valence-corrected chi connectivity index (χ3v) is 8.00. The molecule has 4 rings (SSSR count). The molecule has 0 spiro atoms. The largest absolute Gasteiger partial charge is 0.508 e. The monoisotopic (exact) mass is 517 g/mol. The Balaban J connectivity index is 1.91. The van der Waals surface area contributed by atoms with Gasteiger partial charge in [-0.25, -0.2) is 4.39 Å². The number of fused-ring (bicyclic) bond motifs is 3. The highest BCUT2D eigenvalue weighted by molar-refractivity contribution is 6.22. The van der Waals surface area contributed by atoms with E-state index >= 15 is 0 Å². The molecular formula is C26H32FN3O7. The molecule has 1 amide bonds. The molecular weight excluding hydrogens is 485 g/mol. The first-order valence-electron chi connectivity index (χ1n) is 12.0. The highest BCUT2D eigenvalue weighted by Gasteiger charge is 2.60. The molecule has 0 aliphatic heterocycles. The quantitative estimate of drug-likeness (QED) is 0.350. The lowest BCUT2D eigenvalue weighted by molar-refractivity contribution is -0.147. The molecule has 6 N–H and O–H groups in total. The zero-order valence-corrected chi connectivity index (χ0v) is 21.2. The topological polar surface area (TPSA) is 165 Å². The normalized spacial score (nSPS) is 26.1. The molecule has 0 heterocycles. The van der Waals surface area contributed by atoms with Crippen LogP contribution in [0.15, 0.2) is 23.0 Å². The predicted molar refractivity (Wildman–Crippen MR) is 133 cm³/mol. The van der Waals surface area contributed by atoms with E-state index < -0.39 is 64.7 Å². The smallest absolute Gasteiger partial charge is 0.255 e. The van der Waals surface area contributed by atoms with E-state index in [1.54, 1.807) is 43.9 Å². The van der Waals surface area contributed by atoms with E-state index in [4.69, 9.17) is 5.73 Å². The van der Waals surface area contributed by atoms with Crippen molar-refractivity contribution in [1.29, 1.82) is 0 Å². The summed E-state index contributed by atoms with van der Waals surface area (Å²) in [5.74, 6) is -6.63. The number of aliphatic hydroxyl groups excluding tert-OH is 2. The maximum Gasteiger partial charge on any atom is 0.255 e. The number of carbonyl (C=O) groups is 3. The van der Waals surface area contributed by atoms with Crippen molar-refractivity contribution in [3.05, 3.63) is 39.7 Å². The van der Waals surface area contributed by atoms with Crippen LogP contribution in [0.1, 0.15) is 36.5 Å². The first kappa shape index (κ1) is 26.6. The molecule has 0 bridgehead atoms. The lowest BCUT2D eigenvalue weighted by atomic mass is 9.59. The summed E-state index contributed by atoms with van der Waals surface area (Å²) in [6.45, 7) is 1.25. The highest BCUT2D eigenvalue weighted by atomic mass is 19.1. The average molecular weight is 518 g/mol. The summed E-state index contributed by atoms with van der Waals surface area (Å²) < 4.78 is 13.2. The number of carbonyl (C=O) groups excluding carboxylic acids is 3. The molecule has 10 nitrogen and oxygen atoms in total. The van der Waals surface area contributed by atoms with Crippen molar-refractivity contribution >= 4 is 28.9 Å². The number of anilines is 1. The number of rotatable bonds is 6. The fourth-order valence-corrected chi connectivity index (χ4v) is 5.79. The summed E-state index contributed by atoms with van der Waals surface area (Å²) in [6.07, 6.45) is -0.0900. The fourth-order valence-electron chi connectivity index (χ4n) is 5.79. The van der Waals surface area contributed by atoms with Crippen molar-refractivity contribution < 1.29 is 39.2 Å². The fraction of sp³-hybridized carbons (Fsp3) is 0.500. The molecule has 0 radical (unpaired) electrons. The van der Waals surface area contributed by atoms with Crippen LogP contribution in [0.4, 0.5) is 10.1 Å². The van der Waals surface area contributed by atoms with Gasteiger partial charge in [0, 0.05) is 55.8 Å². The third-order valence-electron chi connectivity index (χ3n) is 8.00. The Morgan fingerprint density at radius 2 is 1.86 bits per heavy atom. The number of aliphatic hydroxyl groups is 3. The molecule has 1 aromatic carbocycles. The lowest BCUT2D eigenvalue weighted by Gasteiger charge is -2.46. The van der Waals surface area contributed by atoms with Gasteiger partial charge in [0.25, 0.3) is 5.91 Å². The van der Waals surface area contributed by atoms with Gasteiger partial charge < -0.3 is 31.1 Å². The van der Waals surface area contributed by atoms with E-state index in [0.29, 0.717) is 16.8 Å². The van der Waals surface area contributed by atoms with Gasteiger partial charge in [-0.1, -0.05) is 0 Å². The number of amides is 1. The number of benzene rings is 1. The molecule has 1 unspecified atom stereocenters. The molecule has 1 aromatic rings. The highest BCUT2D eigenvalue weighted by Crippen LogP contribution is 2.53. The maximum atomic E-state index is 13.7. The number of hydrogen-bond acceptors (Lipinski definition) is 9. The molecule has 0 saturated heterocycles. The minimum absolute atomic E-state index is 0.0228. The number of ketones is 2. The maximum absolute atomic E-state index is 13.7. The Morgan fingerprint density at radius 1 is 1.22 bits per heavy atom. The molecule has 4 atom stereocenters. The van der Waals surface area contributed by atoms with Crippen molar-refractivity contribution in [3.8, 4) is 5.75 Å². The minimum Gasteiger partial charge on any atom is -0.508 e. The van der Waals surface area contributed by atoms with E-state index in [-0.39, 0.29) is 42.7 Å². The summed E-state index contributed by atoms with van der Waals surface area (Å²) >= 11 is 0. The minimum atomic E-state index is -2.61. The molecule has 3 aliphatic rings. The molecule has 37 heavy (non-hydrogen) atoms. The molecule has 11 heteroatoms. The van der Waals surface area contributed by atoms with Gasteiger partial charge in [-0.3, -0.25) is 19.3 Å². The van der Waals surface area contributed by atoms with Crippen LogP contribution in [0.2, 0.25) is 0 Å². The molecule has 3 aliphatic carbocycles. The van der Waals surface area contributed by atoms with E-state index in [1.807, 2.05) is 0 Å². The number of nitrogens with two attached hydrogens (primary N) is 1. The van der Waals surface area contributed by atoms with Gasteiger partial charge in [0.15, 0.2) is 11.4 Å². The SMILES string of the molecule is CC(CF)N(C)Cc1cc(N(C)C)c2c(c1O)C(O)=C1C(=O)[C@]3(O)C(O)=C(C(N)=O)C(=O)C[C@@H]3C[C@@H]1C2. The summed E-state index contributed by atoms with van der Waals surface area (Å²) in [5.41, 5.74) is 3.28. The first-order valence-corrected chi connectivity index (χ1v) is 12.0. The number of halogens is 1. The van der Waals surface area contributed by atoms with Crippen LogP contribution in [0.25, 0.3) is 5.76 Å². The second-order valence-corrected chi connectivity index (χ2v) is 10.5. The number of alkyl halides is 1. The van der Waals surface area contributed by atoms with Crippen molar-refractivity contribution in [2.45, 2.75) is 44.4 Å². The van der Waals surface area contributed by atoms with Crippen molar-refractivity contribution in [2.75, 3.05) is 32.7 Å². The lowest BCUT2D eigenvalue weighted by Crippen LogP contribution is -2.58. The van der Waals surface area contributed by atoms with Crippen molar-refractivity contribution in [3.63, 3.8) is 0 Å². The van der Waals surface area contributed by atoms with Crippen LogP contribution >= 0.6 is 0 Å². The summed E-state index contributed by atoms with van der Waals surface area (Å²) in [6, 6.07) is 1.33. The van der Waals surface area contributed by atoms with Crippen LogP contribution in [0.3, 0.4) is 0 Å². The van der Waals surface area contributed by atoms with Crippen molar-refractivity contribution in [1.82, 2.24) is 4.90 Å². The zero-order valence-electron chi connectivity index (χ0n) is 21.2. The molecule has 200 valence electrons. The summed E-state index contributed by atoms with van der Waals surface area (Å²) in [4.78, 5) is 41.4.